The maximum absolute atomic E-state index is 14.9. The topological polar surface area (TPSA) is 18.5 Å². The van der Waals surface area contributed by atoms with Crippen LogP contribution < -0.4 is 9.47 Å². The van der Waals surface area contributed by atoms with Crippen molar-refractivity contribution in [1.29, 1.82) is 0 Å². The van der Waals surface area contributed by atoms with Gasteiger partial charge >= 0.3 is 12.2 Å². The van der Waals surface area contributed by atoms with Crippen LogP contribution in [-0.2, 0) is 12.5 Å². The molecule has 0 aliphatic heterocycles. The molecule has 4 aromatic rings. The van der Waals surface area contributed by atoms with Gasteiger partial charge in [-0.05, 0) is 53.4 Å². The van der Waals surface area contributed by atoms with Gasteiger partial charge in [0, 0.05) is 17.7 Å². The highest BCUT2D eigenvalue weighted by Crippen LogP contribution is 2.40. The average molecular weight is 604 g/mol. The second-order valence-corrected chi connectivity index (χ2v) is 8.66. The smallest absolute Gasteiger partial charge is 0.432 e. The van der Waals surface area contributed by atoms with E-state index in [1.54, 1.807) is 6.92 Å². The molecule has 0 aliphatic rings. The first-order valence-electron chi connectivity index (χ1n) is 11.7. The van der Waals surface area contributed by atoms with Crippen LogP contribution in [0.3, 0.4) is 0 Å². The molecule has 2 nitrogen and oxygen atoms in total. The fourth-order valence-corrected chi connectivity index (χ4v) is 4.02. The lowest BCUT2D eigenvalue weighted by molar-refractivity contribution is -0.189. The Kier molecular flexibility index (Phi) is 8.50. The summed E-state index contributed by atoms with van der Waals surface area (Å²) in [6.45, 7) is 1.76. The summed E-state index contributed by atoms with van der Waals surface area (Å²) in [5.41, 5.74) is -3.74. The van der Waals surface area contributed by atoms with Gasteiger partial charge in [-0.3, -0.25) is 0 Å². The number of halogens is 11. The van der Waals surface area contributed by atoms with Crippen LogP contribution in [0.5, 0.6) is 11.5 Å². The minimum atomic E-state index is -4.94. The van der Waals surface area contributed by atoms with Gasteiger partial charge in [-0.25, -0.2) is 30.7 Å². The Hall–Kier alpha value is -4.55. The van der Waals surface area contributed by atoms with Crippen molar-refractivity contribution < 1.29 is 57.8 Å². The highest BCUT2D eigenvalue weighted by molar-refractivity contribution is 5.72. The second-order valence-electron chi connectivity index (χ2n) is 8.66. The number of aryl methyl sites for hydroxylation is 1. The molecular weight excluding hydrogens is 589 g/mol. The molecule has 42 heavy (non-hydrogen) atoms. The van der Waals surface area contributed by atoms with Crippen molar-refractivity contribution in [3.63, 3.8) is 0 Å². The Bertz CT molecular complexity index is 1630. The zero-order valence-electron chi connectivity index (χ0n) is 21.0. The van der Waals surface area contributed by atoms with Gasteiger partial charge in [0.05, 0.1) is 5.56 Å². The van der Waals surface area contributed by atoms with Gasteiger partial charge in [0.1, 0.15) is 40.4 Å². The Morgan fingerprint density at radius 3 is 1.74 bits per heavy atom. The molecule has 0 radical (unpaired) electrons. The van der Waals surface area contributed by atoms with Crippen LogP contribution in [0.4, 0.5) is 48.3 Å². The number of ether oxygens (including phenoxy) is 2. The van der Waals surface area contributed by atoms with Gasteiger partial charge in [-0.15, -0.1) is 0 Å². The first kappa shape index (κ1) is 30.4. The van der Waals surface area contributed by atoms with Crippen LogP contribution in [-0.4, -0.2) is 0 Å². The molecule has 0 atom stereocenters. The van der Waals surface area contributed by atoms with E-state index in [0.29, 0.717) is 24.1 Å². The third kappa shape index (κ3) is 6.19. The molecule has 4 rings (SSSR count). The van der Waals surface area contributed by atoms with Crippen LogP contribution >= 0.6 is 0 Å². The minimum absolute atomic E-state index is 0.0748. The van der Waals surface area contributed by atoms with Gasteiger partial charge in [0.25, 0.3) is 0 Å². The summed E-state index contributed by atoms with van der Waals surface area (Å²) in [6.07, 6.45) is -7.25. The summed E-state index contributed by atoms with van der Waals surface area (Å²) in [7, 11) is 0. The lowest BCUT2D eigenvalue weighted by Gasteiger charge is -2.20. The van der Waals surface area contributed by atoms with E-state index in [1.807, 2.05) is 0 Å². The molecule has 4 aromatic carbocycles. The zero-order chi connectivity index (χ0) is 30.9. The Morgan fingerprint density at radius 2 is 1.24 bits per heavy atom. The summed E-state index contributed by atoms with van der Waals surface area (Å²) in [5, 5.41) is 0. The molecular formula is C29H15F11O2. The highest BCUT2D eigenvalue weighted by atomic mass is 19.3. The molecule has 0 bridgehead atoms. The standard InChI is InChI=1S/C29H15F11O2/c1-2-13-3-4-17(18(30)5-13)14-6-19(31)26(20(32)7-14)15-8-21(33)27(22(34)9-15)29(39,40)42-16-10-23(35)28(24(36)11-16)41-12-25(37)38/h3-12H,2H2,1H3. The lowest BCUT2D eigenvalue weighted by Crippen LogP contribution is -2.25. The molecule has 0 heterocycles. The molecule has 0 aliphatic carbocycles. The number of hydrogen-bond donors (Lipinski definition) is 0. The predicted octanol–water partition coefficient (Wildman–Crippen LogP) is 9.80. The third-order valence-electron chi connectivity index (χ3n) is 5.90. The molecule has 13 heteroatoms. The van der Waals surface area contributed by atoms with Crippen molar-refractivity contribution in [2.75, 3.05) is 0 Å². The van der Waals surface area contributed by atoms with Crippen LogP contribution in [0.2, 0.25) is 0 Å². The van der Waals surface area contributed by atoms with E-state index in [2.05, 4.69) is 9.47 Å². The fourth-order valence-electron chi connectivity index (χ4n) is 4.02. The SMILES string of the molecule is CCc1ccc(-c2cc(F)c(-c3cc(F)c(C(F)(F)Oc4cc(F)c(OC=C(F)F)c(F)c4)c(F)c3)c(F)c2)c(F)c1. The van der Waals surface area contributed by atoms with E-state index in [4.69, 9.17) is 0 Å². The molecule has 0 N–H and O–H groups in total. The van der Waals surface area contributed by atoms with E-state index in [1.165, 1.54) is 18.2 Å². The normalized spacial score (nSPS) is 11.4. The minimum Gasteiger partial charge on any atom is -0.453 e. The molecule has 0 saturated heterocycles. The van der Waals surface area contributed by atoms with Crippen molar-refractivity contribution in [3.8, 4) is 33.8 Å². The van der Waals surface area contributed by atoms with E-state index in [-0.39, 0.29) is 41.7 Å². The maximum atomic E-state index is 14.9. The number of hydrogen-bond acceptors (Lipinski definition) is 2. The molecule has 0 fully saturated rings. The monoisotopic (exact) mass is 604 g/mol. The predicted molar refractivity (Wildman–Crippen MR) is 128 cm³/mol. The molecule has 0 spiro atoms. The zero-order valence-corrected chi connectivity index (χ0v) is 21.0. The van der Waals surface area contributed by atoms with Gasteiger partial charge in [-0.2, -0.15) is 17.6 Å². The van der Waals surface area contributed by atoms with E-state index in [9.17, 15) is 48.3 Å². The van der Waals surface area contributed by atoms with Crippen LogP contribution in [0, 0.1) is 40.7 Å². The summed E-state index contributed by atoms with van der Waals surface area (Å²) < 4.78 is 164. The summed E-state index contributed by atoms with van der Waals surface area (Å²) in [6, 6.07) is 5.86. The maximum Gasteiger partial charge on any atom is 0.432 e. The third-order valence-corrected chi connectivity index (χ3v) is 5.90. The fraction of sp³-hybridized carbons (Fsp3) is 0.103. The largest absolute Gasteiger partial charge is 0.453 e. The summed E-state index contributed by atoms with van der Waals surface area (Å²) in [5.74, 6) is -13.9. The van der Waals surface area contributed by atoms with E-state index >= 15 is 0 Å². The number of benzene rings is 4. The lowest BCUT2D eigenvalue weighted by atomic mass is 9.96. The van der Waals surface area contributed by atoms with E-state index in [0.717, 1.165) is 0 Å². The quantitative estimate of drug-likeness (QED) is 0.147. The average Bonchev–Trinajstić information content (AvgIpc) is 2.86. The van der Waals surface area contributed by atoms with Crippen molar-refractivity contribution >= 4 is 0 Å². The van der Waals surface area contributed by atoms with Crippen LogP contribution in [0.15, 0.2) is 66.9 Å². The number of rotatable bonds is 8. The summed E-state index contributed by atoms with van der Waals surface area (Å²) >= 11 is 0. The van der Waals surface area contributed by atoms with Crippen molar-refractivity contribution in [3.05, 3.63) is 119 Å². The molecule has 0 aromatic heterocycles. The van der Waals surface area contributed by atoms with Crippen LogP contribution in [0.1, 0.15) is 18.1 Å². The first-order valence-corrected chi connectivity index (χ1v) is 11.7. The molecule has 220 valence electrons. The number of alkyl halides is 2. The molecule has 0 unspecified atom stereocenters. The Labute approximate surface area is 230 Å². The first-order chi connectivity index (χ1) is 19.7. The van der Waals surface area contributed by atoms with Gasteiger partial charge < -0.3 is 9.47 Å². The second kappa shape index (κ2) is 11.7. The van der Waals surface area contributed by atoms with Gasteiger partial charge in [0.15, 0.2) is 23.6 Å². The Morgan fingerprint density at radius 1 is 0.690 bits per heavy atom. The van der Waals surface area contributed by atoms with Crippen molar-refractivity contribution in [2.24, 2.45) is 0 Å². The highest BCUT2D eigenvalue weighted by Gasteiger charge is 2.42. The van der Waals surface area contributed by atoms with Crippen LogP contribution in [0.25, 0.3) is 22.3 Å². The van der Waals surface area contributed by atoms with Crippen molar-refractivity contribution in [2.45, 2.75) is 19.5 Å². The van der Waals surface area contributed by atoms with E-state index < -0.39 is 81.1 Å². The summed E-state index contributed by atoms with van der Waals surface area (Å²) in [4.78, 5) is 0. The molecule has 0 amide bonds. The Balaban J connectivity index is 1.67. The van der Waals surface area contributed by atoms with Gasteiger partial charge in [-0.1, -0.05) is 19.1 Å². The molecule has 0 saturated carbocycles. The van der Waals surface area contributed by atoms with Gasteiger partial charge in [0.2, 0.25) is 0 Å². The van der Waals surface area contributed by atoms with Crippen molar-refractivity contribution in [1.82, 2.24) is 0 Å².